The summed E-state index contributed by atoms with van der Waals surface area (Å²) in [7, 11) is 0. The van der Waals surface area contributed by atoms with Gasteiger partial charge in [-0.05, 0) is 13.8 Å². The molecule has 0 spiro atoms. The van der Waals surface area contributed by atoms with Gasteiger partial charge in [0.15, 0.2) is 6.29 Å². The van der Waals surface area contributed by atoms with Gasteiger partial charge in [-0.1, -0.05) is 0 Å². The SMILES string of the molecule is Cc1cc2ncc(C=O)n2c(C)n1. The molecule has 2 heterocycles. The van der Waals surface area contributed by atoms with Gasteiger partial charge in [-0.15, -0.1) is 0 Å². The van der Waals surface area contributed by atoms with Crippen LogP contribution in [-0.2, 0) is 0 Å². The van der Waals surface area contributed by atoms with Crippen LogP contribution in [0.3, 0.4) is 0 Å². The highest BCUT2D eigenvalue weighted by molar-refractivity contribution is 5.74. The lowest BCUT2D eigenvalue weighted by Crippen LogP contribution is -2.00. The van der Waals surface area contributed by atoms with Crippen molar-refractivity contribution in [3.05, 3.63) is 29.5 Å². The highest BCUT2D eigenvalue weighted by Crippen LogP contribution is 2.08. The van der Waals surface area contributed by atoms with Crippen LogP contribution in [0.25, 0.3) is 5.65 Å². The van der Waals surface area contributed by atoms with Gasteiger partial charge in [0, 0.05) is 11.8 Å². The molecule has 0 aliphatic heterocycles. The maximum absolute atomic E-state index is 10.6. The Morgan fingerprint density at radius 3 is 2.92 bits per heavy atom. The molecule has 4 heteroatoms. The van der Waals surface area contributed by atoms with Gasteiger partial charge in [-0.3, -0.25) is 9.20 Å². The number of nitrogens with zero attached hydrogens (tertiary/aromatic N) is 3. The summed E-state index contributed by atoms with van der Waals surface area (Å²) < 4.78 is 1.74. The number of aromatic nitrogens is 3. The minimum Gasteiger partial charge on any atom is -0.296 e. The molecule has 0 amide bonds. The lowest BCUT2D eigenvalue weighted by atomic mass is 10.4. The Balaban J connectivity index is 2.89. The van der Waals surface area contributed by atoms with Crippen molar-refractivity contribution in [1.29, 1.82) is 0 Å². The number of imidazole rings is 1. The van der Waals surface area contributed by atoms with Crippen molar-refractivity contribution in [2.24, 2.45) is 0 Å². The van der Waals surface area contributed by atoms with E-state index in [2.05, 4.69) is 9.97 Å². The smallest absolute Gasteiger partial charge is 0.168 e. The Morgan fingerprint density at radius 2 is 2.23 bits per heavy atom. The number of aldehydes is 1. The van der Waals surface area contributed by atoms with E-state index in [9.17, 15) is 4.79 Å². The lowest BCUT2D eigenvalue weighted by Gasteiger charge is -2.01. The van der Waals surface area contributed by atoms with Crippen LogP contribution in [0.5, 0.6) is 0 Å². The molecule has 2 rings (SSSR count). The van der Waals surface area contributed by atoms with Crippen LogP contribution in [-0.4, -0.2) is 20.7 Å². The minimum atomic E-state index is 0.542. The number of carbonyl (C=O) groups excluding carboxylic acids is 1. The van der Waals surface area contributed by atoms with Crippen molar-refractivity contribution in [1.82, 2.24) is 14.4 Å². The number of carbonyl (C=O) groups is 1. The summed E-state index contributed by atoms with van der Waals surface area (Å²) in [6, 6.07) is 1.85. The van der Waals surface area contributed by atoms with Crippen LogP contribution >= 0.6 is 0 Å². The Labute approximate surface area is 75.2 Å². The molecule has 0 aliphatic rings. The van der Waals surface area contributed by atoms with Crippen molar-refractivity contribution >= 4 is 11.9 Å². The predicted octanol–water partition coefficient (Wildman–Crippen LogP) is 1.16. The third-order valence-corrected chi connectivity index (χ3v) is 1.94. The Hall–Kier alpha value is -1.71. The molecule has 0 saturated carbocycles. The summed E-state index contributed by atoms with van der Waals surface area (Å²) in [5, 5.41) is 0. The van der Waals surface area contributed by atoms with Gasteiger partial charge in [0.25, 0.3) is 0 Å². The first kappa shape index (κ1) is 7.91. The van der Waals surface area contributed by atoms with E-state index in [1.807, 2.05) is 19.9 Å². The molecule has 0 N–H and O–H groups in total. The molecule has 0 radical (unpaired) electrons. The van der Waals surface area contributed by atoms with Crippen molar-refractivity contribution in [3.8, 4) is 0 Å². The van der Waals surface area contributed by atoms with E-state index in [0.29, 0.717) is 5.69 Å². The standard InChI is InChI=1S/C9H9N3O/c1-6-3-9-10-4-8(5-13)12(9)7(2)11-6/h3-5H,1-2H3. The molecule has 0 unspecified atom stereocenters. The third-order valence-electron chi connectivity index (χ3n) is 1.94. The van der Waals surface area contributed by atoms with E-state index in [4.69, 9.17) is 0 Å². The third kappa shape index (κ3) is 1.11. The second kappa shape index (κ2) is 2.65. The number of fused-ring (bicyclic) bond motifs is 1. The van der Waals surface area contributed by atoms with Crippen LogP contribution in [0.4, 0.5) is 0 Å². The molecule has 2 aromatic heterocycles. The number of hydrogen-bond acceptors (Lipinski definition) is 3. The molecule has 4 nitrogen and oxygen atoms in total. The zero-order chi connectivity index (χ0) is 9.42. The zero-order valence-corrected chi connectivity index (χ0v) is 7.48. The van der Waals surface area contributed by atoms with Crippen molar-refractivity contribution in [3.63, 3.8) is 0 Å². The van der Waals surface area contributed by atoms with Gasteiger partial charge < -0.3 is 0 Å². The average Bonchev–Trinajstić information content (AvgIpc) is 2.47. The summed E-state index contributed by atoms with van der Waals surface area (Å²) in [5.41, 5.74) is 2.22. The van der Waals surface area contributed by atoms with Gasteiger partial charge in [0.2, 0.25) is 0 Å². The van der Waals surface area contributed by atoms with Gasteiger partial charge >= 0.3 is 0 Å². The number of rotatable bonds is 1. The minimum absolute atomic E-state index is 0.542. The van der Waals surface area contributed by atoms with Crippen molar-refractivity contribution in [2.75, 3.05) is 0 Å². The van der Waals surface area contributed by atoms with E-state index in [-0.39, 0.29) is 0 Å². The Kier molecular flexibility index (Phi) is 1.62. The number of aryl methyl sites for hydroxylation is 2. The summed E-state index contributed by atoms with van der Waals surface area (Å²) >= 11 is 0. The van der Waals surface area contributed by atoms with E-state index in [1.165, 1.54) is 0 Å². The highest BCUT2D eigenvalue weighted by atomic mass is 16.1. The number of hydrogen-bond donors (Lipinski definition) is 0. The molecular formula is C9H9N3O. The van der Waals surface area contributed by atoms with E-state index in [1.54, 1.807) is 10.6 Å². The average molecular weight is 175 g/mol. The van der Waals surface area contributed by atoms with Crippen LogP contribution in [0.2, 0.25) is 0 Å². The van der Waals surface area contributed by atoms with Crippen molar-refractivity contribution < 1.29 is 4.79 Å². The quantitative estimate of drug-likeness (QED) is 0.611. The second-order valence-corrected chi connectivity index (χ2v) is 2.94. The van der Waals surface area contributed by atoms with E-state index < -0.39 is 0 Å². The molecule has 13 heavy (non-hydrogen) atoms. The van der Waals surface area contributed by atoms with Crippen LogP contribution in [0.1, 0.15) is 22.0 Å². The molecule has 0 saturated heterocycles. The predicted molar refractivity (Wildman–Crippen MR) is 47.8 cm³/mol. The maximum Gasteiger partial charge on any atom is 0.168 e. The molecule has 0 aliphatic carbocycles. The summed E-state index contributed by atoms with van der Waals surface area (Å²) in [6.45, 7) is 3.76. The summed E-state index contributed by atoms with van der Waals surface area (Å²) in [6.07, 6.45) is 2.33. The maximum atomic E-state index is 10.6. The van der Waals surface area contributed by atoms with Crippen molar-refractivity contribution in [2.45, 2.75) is 13.8 Å². The second-order valence-electron chi connectivity index (χ2n) is 2.94. The van der Waals surface area contributed by atoms with Crippen LogP contribution in [0.15, 0.2) is 12.3 Å². The molecule has 0 atom stereocenters. The van der Waals surface area contributed by atoms with Crippen LogP contribution in [0, 0.1) is 13.8 Å². The van der Waals surface area contributed by atoms with E-state index >= 15 is 0 Å². The van der Waals surface area contributed by atoms with Gasteiger partial charge in [0.05, 0.1) is 6.20 Å². The largest absolute Gasteiger partial charge is 0.296 e. The first-order chi connectivity index (χ1) is 6.22. The fraction of sp³-hybridized carbons (Fsp3) is 0.222. The van der Waals surface area contributed by atoms with Gasteiger partial charge in [0.1, 0.15) is 17.2 Å². The van der Waals surface area contributed by atoms with Gasteiger partial charge in [-0.25, -0.2) is 9.97 Å². The molecule has 0 aromatic carbocycles. The molecular weight excluding hydrogens is 166 g/mol. The summed E-state index contributed by atoms with van der Waals surface area (Å²) in [4.78, 5) is 19.0. The van der Waals surface area contributed by atoms with E-state index in [0.717, 1.165) is 23.5 Å². The van der Waals surface area contributed by atoms with Crippen LogP contribution < -0.4 is 0 Å². The Morgan fingerprint density at radius 1 is 1.46 bits per heavy atom. The zero-order valence-electron chi connectivity index (χ0n) is 7.48. The first-order valence-corrected chi connectivity index (χ1v) is 3.99. The topological polar surface area (TPSA) is 47.3 Å². The monoisotopic (exact) mass is 175 g/mol. The highest BCUT2D eigenvalue weighted by Gasteiger charge is 2.05. The van der Waals surface area contributed by atoms with Gasteiger partial charge in [-0.2, -0.15) is 0 Å². The normalized spacial score (nSPS) is 10.6. The molecule has 0 bridgehead atoms. The molecule has 66 valence electrons. The summed E-state index contributed by atoms with van der Waals surface area (Å²) in [5.74, 6) is 0.787. The molecule has 0 fully saturated rings. The fourth-order valence-electron chi connectivity index (χ4n) is 1.44. The fourth-order valence-corrected chi connectivity index (χ4v) is 1.44. The Bertz CT molecular complexity index is 473. The first-order valence-electron chi connectivity index (χ1n) is 3.99. The molecule has 2 aromatic rings. The lowest BCUT2D eigenvalue weighted by molar-refractivity contribution is 0.111.